The number of benzene rings is 1. The molecule has 0 spiro atoms. The first kappa shape index (κ1) is 12.5. The summed E-state index contributed by atoms with van der Waals surface area (Å²) in [6.45, 7) is 0. The van der Waals surface area contributed by atoms with Crippen molar-refractivity contribution in [2.75, 3.05) is 7.05 Å². The van der Waals surface area contributed by atoms with Crippen LogP contribution in [0.2, 0.25) is 0 Å². The van der Waals surface area contributed by atoms with E-state index in [1.54, 1.807) is 19.2 Å². The van der Waals surface area contributed by atoms with Gasteiger partial charge >= 0.3 is 0 Å². The molecule has 0 saturated heterocycles. The molecule has 0 aromatic heterocycles. The normalized spacial score (nSPS) is 33.1. The Kier molecular flexibility index (Phi) is 2.80. The van der Waals surface area contributed by atoms with Gasteiger partial charge in [0, 0.05) is 12.5 Å². The van der Waals surface area contributed by atoms with Gasteiger partial charge < -0.3 is 10.4 Å². The van der Waals surface area contributed by atoms with Crippen molar-refractivity contribution in [3.63, 3.8) is 0 Å². The second-order valence-corrected chi connectivity index (χ2v) is 6.19. The van der Waals surface area contributed by atoms with Crippen LogP contribution in [-0.4, -0.2) is 18.1 Å². The van der Waals surface area contributed by atoms with Crippen molar-refractivity contribution in [1.82, 2.24) is 5.32 Å². The highest BCUT2D eigenvalue weighted by Gasteiger charge is 2.52. The van der Waals surface area contributed by atoms with Crippen molar-refractivity contribution in [1.29, 1.82) is 0 Å². The molecule has 0 aliphatic heterocycles. The Morgan fingerprint density at radius 1 is 1.05 bits per heavy atom. The van der Waals surface area contributed by atoms with Crippen molar-refractivity contribution >= 4 is 5.91 Å². The number of fused-ring (bicyclic) bond motifs is 3. The van der Waals surface area contributed by atoms with Gasteiger partial charge in [0.1, 0.15) is 5.75 Å². The van der Waals surface area contributed by atoms with E-state index in [1.165, 1.54) is 5.56 Å². The maximum Gasteiger partial charge on any atom is 0.225 e. The molecule has 3 aliphatic carbocycles. The van der Waals surface area contributed by atoms with Crippen LogP contribution >= 0.6 is 0 Å². The molecule has 0 atom stereocenters. The number of phenols is 1. The minimum absolute atomic E-state index is 0.104. The van der Waals surface area contributed by atoms with E-state index >= 15 is 0 Å². The van der Waals surface area contributed by atoms with Crippen LogP contribution in [0.5, 0.6) is 5.75 Å². The first-order valence-corrected chi connectivity index (χ1v) is 7.12. The molecular formula is C16H21NO2. The molecule has 102 valence electrons. The van der Waals surface area contributed by atoms with Gasteiger partial charge in [-0.05, 0) is 61.6 Å². The van der Waals surface area contributed by atoms with E-state index in [0.29, 0.717) is 5.75 Å². The number of phenolic OH excluding ortho intramolecular Hbond substituents is 1. The molecule has 0 radical (unpaired) electrons. The monoisotopic (exact) mass is 259 g/mol. The molecule has 1 aromatic rings. The van der Waals surface area contributed by atoms with E-state index in [-0.39, 0.29) is 16.7 Å². The van der Waals surface area contributed by atoms with Gasteiger partial charge in [0.05, 0.1) is 0 Å². The van der Waals surface area contributed by atoms with Crippen LogP contribution in [0.15, 0.2) is 24.3 Å². The van der Waals surface area contributed by atoms with Gasteiger partial charge in [-0.25, -0.2) is 0 Å². The van der Waals surface area contributed by atoms with Crippen LogP contribution in [0.25, 0.3) is 0 Å². The summed E-state index contributed by atoms with van der Waals surface area (Å²) in [4.78, 5) is 12.1. The molecule has 3 saturated carbocycles. The Bertz CT molecular complexity index is 467. The lowest BCUT2D eigenvalue weighted by atomic mass is 9.51. The summed E-state index contributed by atoms with van der Waals surface area (Å²) in [5, 5.41) is 12.3. The Balaban J connectivity index is 1.85. The molecule has 0 unspecified atom stereocenters. The highest BCUT2D eigenvalue weighted by molar-refractivity contribution is 5.82. The van der Waals surface area contributed by atoms with E-state index in [0.717, 1.165) is 38.5 Å². The number of hydrogen-bond acceptors (Lipinski definition) is 2. The zero-order valence-electron chi connectivity index (χ0n) is 11.4. The number of carbonyl (C=O) groups excluding carboxylic acids is 1. The Morgan fingerprint density at radius 2 is 1.58 bits per heavy atom. The second kappa shape index (κ2) is 4.26. The minimum Gasteiger partial charge on any atom is -0.508 e. The first-order valence-electron chi connectivity index (χ1n) is 7.12. The number of aromatic hydroxyl groups is 1. The third kappa shape index (κ3) is 1.83. The van der Waals surface area contributed by atoms with Crippen molar-refractivity contribution in [3.8, 4) is 5.75 Å². The second-order valence-electron chi connectivity index (χ2n) is 6.19. The molecule has 4 rings (SSSR count). The molecule has 2 bridgehead atoms. The van der Waals surface area contributed by atoms with Crippen molar-refractivity contribution in [2.24, 2.45) is 5.41 Å². The number of rotatable bonds is 2. The molecule has 0 heterocycles. The summed E-state index contributed by atoms with van der Waals surface area (Å²) in [5.41, 5.74) is 1.46. The van der Waals surface area contributed by atoms with Gasteiger partial charge in [0.25, 0.3) is 0 Å². The zero-order chi connectivity index (χ0) is 13.5. The van der Waals surface area contributed by atoms with E-state index in [4.69, 9.17) is 0 Å². The SMILES string of the molecule is CNC(=O)C12CCC(c3ccc(O)cc3)(CC1)CC2. The number of carbonyl (C=O) groups is 1. The van der Waals surface area contributed by atoms with Gasteiger partial charge in [-0.3, -0.25) is 4.79 Å². The van der Waals surface area contributed by atoms with Gasteiger partial charge in [-0.15, -0.1) is 0 Å². The maximum atomic E-state index is 12.1. The lowest BCUT2D eigenvalue weighted by molar-refractivity contribution is -0.137. The Morgan fingerprint density at radius 3 is 2.05 bits per heavy atom. The van der Waals surface area contributed by atoms with Crippen LogP contribution in [0, 0.1) is 5.41 Å². The minimum atomic E-state index is -0.104. The fourth-order valence-corrected chi connectivity index (χ4v) is 4.04. The van der Waals surface area contributed by atoms with E-state index < -0.39 is 0 Å². The summed E-state index contributed by atoms with van der Waals surface area (Å²) >= 11 is 0. The van der Waals surface area contributed by atoms with Crippen LogP contribution in [0.1, 0.15) is 44.1 Å². The molecule has 1 aromatic carbocycles. The van der Waals surface area contributed by atoms with Crippen LogP contribution < -0.4 is 5.32 Å². The van der Waals surface area contributed by atoms with Crippen molar-refractivity contribution in [2.45, 2.75) is 43.9 Å². The van der Waals surface area contributed by atoms with E-state index in [1.807, 2.05) is 12.1 Å². The van der Waals surface area contributed by atoms with Gasteiger partial charge in [-0.1, -0.05) is 12.1 Å². The van der Waals surface area contributed by atoms with Crippen LogP contribution in [0.4, 0.5) is 0 Å². The quantitative estimate of drug-likeness (QED) is 0.858. The van der Waals surface area contributed by atoms with Crippen molar-refractivity contribution in [3.05, 3.63) is 29.8 Å². The summed E-state index contributed by atoms with van der Waals surface area (Å²) in [5.74, 6) is 0.554. The lowest BCUT2D eigenvalue weighted by Gasteiger charge is -2.52. The largest absolute Gasteiger partial charge is 0.508 e. The predicted octanol–water partition coefficient (Wildman–Crippen LogP) is 2.73. The molecule has 3 aliphatic rings. The van der Waals surface area contributed by atoms with Gasteiger partial charge in [0.2, 0.25) is 5.91 Å². The van der Waals surface area contributed by atoms with Crippen molar-refractivity contribution < 1.29 is 9.90 Å². The molecule has 19 heavy (non-hydrogen) atoms. The third-order valence-electron chi connectivity index (χ3n) is 5.43. The number of hydrogen-bond donors (Lipinski definition) is 2. The molecule has 1 amide bonds. The number of amides is 1. The molecule has 3 fully saturated rings. The molecule has 3 nitrogen and oxygen atoms in total. The van der Waals surface area contributed by atoms with Gasteiger partial charge in [0.15, 0.2) is 0 Å². The molecular weight excluding hydrogens is 238 g/mol. The standard InChI is InChI=1S/C16H21NO2/c1-17-14(19)16-9-6-15(7-10-16,8-11-16)12-2-4-13(18)5-3-12/h2-5,18H,6-11H2,1H3,(H,17,19). The highest BCUT2D eigenvalue weighted by Crippen LogP contribution is 2.57. The fraction of sp³-hybridized carbons (Fsp3) is 0.562. The highest BCUT2D eigenvalue weighted by atomic mass is 16.3. The topological polar surface area (TPSA) is 49.3 Å². The average Bonchev–Trinajstić information content (AvgIpc) is 2.49. The summed E-state index contributed by atoms with van der Waals surface area (Å²) in [6.07, 6.45) is 6.25. The Labute approximate surface area is 114 Å². The first-order chi connectivity index (χ1) is 9.10. The summed E-state index contributed by atoms with van der Waals surface area (Å²) < 4.78 is 0. The maximum absolute atomic E-state index is 12.1. The van der Waals surface area contributed by atoms with Gasteiger partial charge in [-0.2, -0.15) is 0 Å². The van der Waals surface area contributed by atoms with E-state index in [2.05, 4.69) is 5.32 Å². The summed E-state index contributed by atoms with van der Waals surface area (Å²) in [7, 11) is 1.74. The van der Waals surface area contributed by atoms with Crippen LogP contribution in [0.3, 0.4) is 0 Å². The smallest absolute Gasteiger partial charge is 0.225 e. The Hall–Kier alpha value is -1.51. The van der Waals surface area contributed by atoms with E-state index in [9.17, 15) is 9.90 Å². The molecule has 3 heteroatoms. The fourth-order valence-electron chi connectivity index (χ4n) is 4.04. The predicted molar refractivity (Wildman–Crippen MR) is 74.0 cm³/mol. The average molecular weight is 259 g/mol. The number of nitrogens with one attached hydrogen (secondary N) is 1. The summed E-state index contributed by atoms with van der Waals surface area (Å²) in [6, 6.07) is 7.65. The molecule has 2 N–H and O–H groups in total. The zero-order valence-corrected chi connectivity index (χ0v) is 11.4. The third-order valence-corrected chi connectivity index (χ3v) is 5.43. The van der Waals surface area contributed by atoms with Crippen LogP contribution in [-0.2, 0) is 10.2 Å². The lowest BCUT2D eigenvalue weighted by Crippen LogP contribution is -2.51.